The normalized spacial score (nSPS) is 10.3. The number of hydrogen-bond acceptors (Lipinski definition) is 3. The van der Waals surface area contributed by atoms with Gasteiger partial charge < -0.3 is 10.2 Å². The van der Waals surface area contributed by atoms with E-state index in [9.17, 15) is 9.59 Å². The van der Waals surface area contributed by atoms with Crippen LogP contribution >= 0.6 is 0 Å². The largest absolute Gasteiger partial charge is 0.348 e. The molecule has 0 heterocycles. The fourth-order valence-electron chi connectivity index (χ4n) is 1.49. The maximum Gasteiger partial charge on any atom is 0.236 e. The van der Waals surface area contributed by atoms with Gasteiger partial charge in [-0.15, -0.1) is 0 Å². The quantitative estimate of drug-likeness (QED) is 0.834. The van der Waals surface area contributed by atoms with Crippen LogP contribution < -0.4 is 5.32 Å². The van der Waals surface area contributed by atoms with Gasteiger partial charge in [0.15, 0.2) is 0 Å². The molecular formula is C14H21N3O2. The van der Waals surface area contributed by atoms with Crippen LogP contribution in [0.5, 0.6) is 0 Å². The molecule has 1 aromatic rings. The summed E-state index contributed by atoms with van der Waals surface area (Å²) in [7, 11) is 5.27. The van der Waals surface area contributed by atoms with Crippen molar-refractivity contribution in [1.82, 2.24) is 9.80 Å². The Labute approximate surface area is 114 Å². The number of benzene rings is 1. The lowest BCUT2D eigenvalue weighted by Crippen LogP contribution is -2.35. The molecule has 0 unspecified atom stereocenters. The summed E-state index contributed by atoms with van der Waals surface area (Å²) < 4.78 is 0. The van der Waals surface area contributed by atoms with Crippen LogP contribution in [0.15, 0.2) is 30.3 Å². The monoisotopic (exact) mass is 263 g/mol. The number of nitrogens with one attached hydrogen (secondary N) is 1. The molecule has 1 aromatic carbocycles. The fraction of sp³-hybridized carbons (Fsp3) is 0.429. The van der Waals surface area contributed by atoms with Crippen molar-refractivity contribution in [2.24, 2.45) is 0 Å². The summed E-state index contributed by atoms with van der Waals surface area (Å²) in [5.41, 5.74) is 0.791. The van der Waals surface area contributed by atoms with Gasteiger partial charge in [-0.1, -0.05) is 18.2 Å². The lowest BCUT2D eigenvalue weighted by atomic mass is 10.3. The van der Waals surface area contributed by atoms with Crippen molar-refractivity contribution in [3.8, 4) is 0 Å². The number of amides is 2. The topological polar surface area (TPSA) is 52.7 Å². The minimum absolute atomic E-state index is 0.0333. The number of carbonyl (C=O) groups excluding carboxylic acids is 2. The van der Waals surface area contributed by atoms with Crippen LogP contribution in [-0.2, 0) is 9.59 Å². The Morgan fingerprint density at radius 3 is 2.32 bits per heavy atom. The van der Waals surface area contributed by atoms with Gasteiger partial charge in [0.2, 0.25) is 11.8 Å². The van der Waals surface area contributed by atoms with E-state index >= 15 is 0 Å². The number of rotatable bonds is 6. The van der Waals surface area contributed by atoms with E-state index in [0.29, 0.717) is 19.5 Å². The van der Waals surface area contributed by atoms with Crippen LogP contribution in [0.4, 0.5) is 5.69 Å². The van der Waals surface area contributed by atoms with Crippen LogP contribution in [0, 0.1) is 0 Å². The maximum absolute atomic E-state index is 11.7. The highest BCUT2D eigenvalue weighted by atomic mass is 16.2. The minimum Gasteiger partial charge on any atom is -0.348 e. The molecule has 0 bridgehead atoms. The summed E-state index contributed by atoms with van der Waals surface area (Å²) in [6, 6.07) is 9.33. The van der Waals surface area contributed by atoms with E-state index in [-0.39, 0.29) is 11.8 Å². The van der Waals surface area contributed by atoms with E-state index in [0.717, 1.165) is 5.69 Å². The summed E-state index contributed by atoms with van der Waals surface area (Å²) in [5.74, 6) is -0.0127. The lowest BCUT2D eigenvalue weighted by Gasteiger charge is -2.18. The first-order chi connectivity index (χ1) is 8.99. The van der Waals surface area contributed by atoms with Gasteiger partial charge in [-0.25, -0.2) is 0 Å². The Balaban J connectivity index is 2.28. The van der Waals surface area contributed by atoms with E-state index in [1.165, 1.54) is 0 Å². The summed E-state index contributed by atoms with van der Waals surface area (Å²) in [6.07, 6.45) is 0.367. The predicted molar refractivity (Wildman–Crippen MR) is 75.9 cm³/mol. The number of carbonyl (C=O) groups is 2. The minimum atomic E-state index is -0.0460. The molecule has 1 rings (SSSR count). The Hall–Kier alpha value is -1.88. The number of hydrogen-bond donors (Lipinski definition) is 1. The second-order valence-electron chi connectivity index (χ2n) is 4.69. The third kappa shape index (κ3) is 6.01. The molecule has 0 fully saturated rings. The SMILES string of the molecule is CN(CCC(=O)Nc1ccccc1)CC(=O)N(C)C. The number of para-hydroxylation sites is 1. The Kier molecular flexibility index (Phi) is 6.02. The maximum atomic E-state index is 11.7. The molecular weight excluding hydrogens is 242 g/mol. The molecule has 0 radical (unpaired) electrons. The molecule has 1 N–H and O–H groups in total. The van der Waals surface area contributed by atoms with E-state index in [1.54, 1.807) is 19.0 Å². The van der Waals surface area contributed by atoms with Gasteiger partial charge in [-0.3, -0.25) is 14.5 Å². The zero-order valence-corrected chi connectivity index (χ0v) is 11.7. The van der Waals surface area contributed by atoms with Gasteiger partial charge in [-0.05, 0) is 19.2 Å². The number of nitrogens with zero attached hydrogens (tertiary/aromatic N) is 2. The van der Waals surface area contributed by atoms with Crippen LogP contribution in [-0.4, -0.2) is 55.8 Å². The summed E-state index contributed by atoms with van der Waals surface area (Å²) in [4.78, 5) is 26.6. The first-order valence-electron chi connectivity index (χ1n) is 6.22. The van der Waals surface area contributed by atoms with Crippen molar-refractivity contribution >= 4 is 17.5 Å². The van der Waals surface area contributed by atoms with Crippen molar-refractivity contribution in [1.29, 1.82) is 0 Å². The third-order valence-electron chi connectivity index (χ3n) is 2.68. The lowest BCUT2D eigenvalue weighted by molar-refractivity contribution is -0.130. The fourth-order valence-corrected chi connectivity index (χ4v) is 1.49. The molecule has 0 aliphatic carbocycles. The van der Waals surface area contributed by atoms with Gasteiger partial charge in [0, 0.05) is 32.7 Å². The molecule has 0 saturated heterocycles. The summed E-state index contributed by atoms with van der Waals surface area (Å²) in [6.45, 7) is 0.879. The van der Waals surface area contributed by atoms with Crippen LogP contribution in [0.25, 0.3) is 0 Å². The van der Waals surface area contributed by atoms with Gasteiger partial charge in [0.25, 0.3) is 0 Å². The second kappa shape index (κ2) is 7.53. The standard InChI is InChI=1S/C14H21N3O2/c1-16(2)14(19)11-17(3)10-9-13(18)15-12-7-5-4-6-8-12/h4-8H,9-11H2,1-3H3,(H,15,18). The highest BCUT2D eigenvalue weighted by molar-refractivity contribution is 5.90. The van der Waals surface area contributed by atoms with Gasteiger partial charge in [-0.2, -0.15) is 0 Å². The van der Waals surface area contributed by atoms with Crippen molar-refractivity contribution in [2.45, 2.75) is 6.42 Å². The average molecular weight is 263 g/mol. The molecule has 0 atom stereocenters. The van der Waals surface area contributed by atoms with E-state index in [4.69, 9.17) is 0 Å². The average Bonchev–Trinajstić information content (AvgIpc) is 2.37. The smallest absolute Gasteiger partial charge is 0.236 e. The molecule has 0 aliphatic heterocycles. The molecule has 0 saturated carbocycles. The number of likely N-dealkylation sites (N-methyl/N-ethyl adjacent to an activating group) is 2. The van der Waals surface area contributed by atoms with E-state index in [2.05, 4.69) is 5.32 Å². The molecule has 5 nitrogen and oxygen atoms in total. The second-order valence-corrected chi connectivity index (χ2v) is 4.69. The molecule has 5 heteroatoms. The highest BCUT2D eigenvalue weighted by Gasteiger charge is 2.10. The molecule has 0 aliphatic rings. The molecule has 104 valence electrons. The van der Waals surface area contributed by atoms with Crippen molar-refractivity contribution in [3.63, 3.8) is 0 Å². The van der Waals surface area contributed by atoms with Gasteiger partial charge in [0.1, 0.15) is 0 Å². The Bertz CT molecular complexity index is 418. The molecule has 19 heavy (non-hydrogen) atoms. The molecule has 0 spiro atoms. The first kappa shape index (κ1) is 15.2. The van der Waals surface area contributed by atoms with Crippen molar-refractivity contribution < 1.29 is 9.59 Å². The summed E-state index contributed by atoms with van der Waals surface area (Å²) in [5, 5.41) is 2.81. The van der Waals surface area contributed by atoms with Crippen molar-refractivity contribution in [2.75, 3.05) is 39.5 Å². The summed E-state index contributed by atoms with van der Waals surface area (Å²) >= 11 is 0. The third-order valence-corrected chi connectivity index (χ3v) is 2.68. The molecule has 2 amide bonds. The van der Waals surface area contributed by atoms with Crippen LogP contribution in [0.1, 0.15) is 6.42 Å². The first-order valence-corrected chi connectivity index (χ1v) is 6.22. The Morgan fingerprint density at radius 2 is 1.74 bits per heavy atom. The van der Waals surface area contributed by atoms with Crippen LogP contribution in [0.2, 0.25) is 0 Å². The van der Waals surface area contributed by atoms with E-state index < -0.39 is 0 Å². The zero-order chi connectivity index (χ0) is 14.3. The Morgan fingerprint density at radius 1 is 1.11 bits per heavy atom. The van der Waals surface area contributed by atoms with Crippen LogP contribution in [0.3, 0.4) is 0 Å². The van der Waals surface area contributed by atoms with E-state index in [1.807, 2.05) is 42.3 Å². The predicted octanol–water partition coefficient (Wildman–Crippen LogP) is 1.04. The van der Waals surface area contributed by atoms with Gasteiger partial charge >= 0.3 is 0 Å². The van der Waals surface area contributed by atoms with Gasteiger partial charge in [0.05, 0.1) is 6.54 Å². The zero-order valence-electron chi connectivity index (χ0n) is 11.7. The highest BCUT2D eigenvalue weighted by Crippen LogP contribution is 2.05. The molecule has 0 aromatic heterocycles. The number of anilines is 1. The van der Waals surface area contributed by atoms with Crippen molar-refractivity contribution in [3.05, 3.63) is 30.3 Å².